The molecule has 1 atom stereocenters. The maximum Gasteiger partial charge on any atom is 0.225 e. The molecule has 1 N–H and O–H groups in total. The highest BCUT2D eigenvalue weighted by atomic mass is 32.2. The van der Waals surface area contributed by atoms with Gasteiger partial charge in [0.25, 0.3) is 0 Å². The predicted molar refractivity (Wildman–Crippen MR) is 98.4 cm³/mol. The molecule has 2 aromatic heterocycles. The summed E-state index contributed by atoms with van der Waals surface area (Å²) in [6, 6.07) is 5.76. The second-order valence-electron chi connectivity index (χ2n) is 6.24. The van der Waals surface area contributed by atoms with Gasteiger partial charge in [0.15, 0.2) is 9.84 Å². The van der Waals surface area contributed by atoms with Crippen molar-refractivity contribution < 1.29 is 8.42 Å². The maximum atomic E-state index is 11.8. The minimum Gasteiger partial charge on any atom is -0.353 e. The minimum atomic E-state index is -2.93. The fourth-order valence-corrected chi connectivity index (χ4v) is 4.82. The van der Waals surface area contributed by atoms with E-state index in [1.54, 1.807) is 12.4 Å². The van der Waals surface area contributed by atoms with Gasteiger partial charge < -0.3 is 10.2 Å². The summed E-state index contributed by atoms with van der Waals surface area (Å²) in [6.45, 7) is 5.25. The van der Waals surface area contributed by atoms with Gasteiger partial charge >= 0.3 is 0 Å². The summed E-state index contributed by atoms with van der Waals surface area (Å²) >= 11 is 0. The summed E-state index contributed by atoms with van der Waals surface area (Å²) in [4.78, 5) is 15.1. The minimum absolute atomic E-state index is 0.0163. The van der Waals surface area contributed by atoms with E-state index in [1.807, 2.05) is 32.0 Å². The fraction of sp³-hybridized carbons (Fsp3) is 0.471. The molecule has 8 heteroatoms. The molecule has 134 valence electrons. The third kappa shape index (κ3) is 4.45. The Morgan fingerprint density at radius 3 is 2.68 bits per heavy atom. The number of sulfone groups is 1. The molecular weight excluding hydrogens is 338 g/mol. The van der Waals surface area contributed by atoms with E-state index < -0.39 is 9.84 Å². The second-order valence-corrected chi connectivity index (χ2v) is 8.47. The molecular formula is C17H23N5O2S. The van der Waals surface area contributed by atoms with Crippen LogP contribution in [0.15, 0.2) is 30.6 Å². The molecule has 1 saturated heterocycles. The summed E-state index contributed by atoms with van der Waals surface area (Å²) < 4.78 is 23.6. The van der Waals surface area contributed by atoms with E-state index in [9.17, 15) is 8.42 Å². The average Bonchev–Trinajstić information content (AvgIpc) is 2.94. The molecule has 0 aliphatic carbocycles. The Labute approximate surface area is 148 Å². The molecule has 1 aliphatic rings. The van der Waals surface area contributed by atoms with Crippen LogP contribution in [0.1, 0.15) is 24.6 Å². The number of hydrogen-bond acceptors (Lipinski definition) is 7. The Hall–Kier alpha value is -2.22. The summed E-state index contributed by atoms with van der Waals surface area (Å²) in [5, 5.41) is 3.23. The Morgan fingerprint density at radius 2 is 2.04 bits per heavy atom. The van der Waals surface area contributed by atoms with Gasteiger partial charge in [-0.15, -0.1) is 0 Å². The Morgan fingerprint density at radius 1 is 1.28 bits per heavy atom. The number of hydrogen-bond donors (Lipinski definition) is 1. The lowest BCUT2D eigenvalue weighted by molar-refractivity contribution is 0.599. The Kier molecular flexibility index (Phi) is 5.17. The van der Waals surface area contributed by atoms with Crippen LogP contribution in [0.4, 0.5) is 11.8 Å². The van der Waals surface area contributed by atoms with Crippen molar-refractivity contribution in [2.45, 2.75) is 32.9 Å². The molecule has 2 aromatic rings. The first kappa shape index (κ1) is 17.6. The van der Waals surface area contributed by atoms with Crippen molar-refractivity contribution in [3.63, 3.8) is 0 Å². The highest BCUT2D eigenvalue weighted by Gasteiger charge is 2.32. The summed E-state index contributed by atoms with van der Waals surface area (Å²) in [5.41, 5.74) is 1.94. The monoisotopic (exact) mass is 361 g/mol. The van der Waals surface area contributed by atoms with Crippen LogP contribution < -0.4 is 10.2 Å². The number of pyridine rings is 1. The van der Waals surface area contributed by atoms with Crippen molar-refractivity contribution in [3.8, 4) is 0 Å². The van der Waals surface area contributed by atoms with E-state index in [1.165, 1.54) is 0 Å². The van der Waals surface area contributed by atoms with Gasteiger partial charge in [0.1, 0.15) is 5.82 Å². The zero-order valence-corrected chi connectivity index (χ0v) is 15.3. The van der Waals surface area contributed by atoms with Gasteiger partial charge in [-0.3, -0.25) is 4.98 Å². The lowest BCUT2D eigenvalue weighted by Crippen LogP contribution is -2.37. The van der Waals surface area contributed by atoms with E-state index >= 15 is 0 Å². The topological polar surface area (TPSA) is 88.1 Å². The predicted octanol–water partition coefficient (Wildman–Crippen LogP) is 1.81. The molecule has 0 amide bonds. The van der Waals surface area contributed by atoms with Gasteiger partial charge in [0.2, 0.25) is 5.95 Å². The van der Waals surface area contributed by atoms with Crippen LogP contribution in [0.3, 0.4) is 0 Å². The zero-order chi connectivity index (χ0) is 17.9. The molecule has 3 heterocycles. The quantitative estimate of drug-likeness (QED) is 0.839. The zero-order valence-electron chi connectivity index (χ0n) is 14.5. The standard InChI is InChI=1S/C17H23N5O2S/c1-3-22(15-6-9-25(23,24)12-15)16-10-13(2)20-17(21-16)19-11-14-4-7-18-8-5-14/h4-5,7-8,10,15H,3,6,9,11-12H2,1-2H3,(H,19,20,21). The smallest absolute Gasteiger partial charge is 0.225 e. The summed E-state index contributed by atoms with van der Waals surface area (Å²) in [7, 11) is -2.93. The van der Waals surface area contributed by atoms with Crippen LogP contribution in [0, 0.1) is 6.92 Å². The molecule has 7 nitrogen and oxygen atoms in total. The number of nitrogens with zero attached hydrogens (tertiary/aromatic N) is 4. The number of rotatable bonds is 6. The molecule has 0 radical (unpaired) electrons. The van der Waals surface area contributed by atoms with Crippen molar-refractivity contribution in [2.75, 3.05) is 28.3 Å². The second kappa shape index (κ2) is 7.35. The fourth-order valence-electron chi connectivity index (χ4n) is 3.09. The van der Waals surface area contributed by atoms with Crippen molar-refractivity contribution >= 4 is 21.6 Å². The number of aromatic nitrogens is 3. The van der Waals surface area contributed by atoms with Crippen LogP contribution in [0.5, 0.6) is 0 Å². The van der Waals surface area contributed by atoms with Crippen LogP contribution in [0.25, 0.3) is 0 Å². The first-order valence-corrected chi connectivity index (χ1v) is 10.2. The largest absolute Gasteiger partial charge is 0.353 e. The first-order chi connectivity index (χ1) is 12.0. The third-order valence-corrected chi connectivity index (χ3v) is 6.08. The van der Waals surface area contributed by atoms with Gasteiger partial charge in [0.05, 0.1) is 11.5 Å². The van der Waals surface area contributed by atoms with Crippen LogP contribution in [-0.2, 0) is 16.4 Å². The molecule has 0 aromatic carbocycles. The Bertz CT molecular complexity index is 826. The van der Waals surface area contributed by atoms with E-state index in [0.29, 0.717) is 25.5 Å². The lowest BCUT2D eigenvalue weighted by atomic mass is 10.2. The third-order valence-electron chi connectivity index (χ3n) is 4.32. The number of aryl methyl sites for hydroxylation is 1. The summed E-state index contributed by atoms with van der Waals surface area (Å²) in [5.74, 6) is 1.77. The maximum absolute atomic E-state index is 11.8. The van der Waals surface area contributed by atoms with Crippen molar-refractivity contribution in [2.24, 2.45) is 0 Å². The van der Waals surface area contributed by atoms with Crippen molar-refractivity contribution in [1.82, 2.24) is 15.0 Å². The molecule has 25 heavy (non-hydrogen) atoms. The van der Waals surface area contributed by atoms with Crippen LogP contribution >= 0.6 is 0 Å². The normalized spacial score (nSPS) is 18.9. The molecule has 0 saturated carbocycles. The highest BCUT2D eigenvalue weighted by molar-refractivity contribution is 7.91. The van der Waals surface area contributed by atoms with Gasteiger partial charge in [-0.05, 0) is 38.0 Å². The van der Waals surface area contributed by atoms with Crippen LogP contribution in [0.2, 0.25) is 0 Å². The molecule has 1 aliphatic heterocycles. The highest BCUT2D eigenvalue weighted by Crippen LogP contribution is 2.24. The number of nitrogens with one attached hydrogen (secondary N) is 1. The van der Waals surface area contributed by atoms with Gasteiger partial charge in [0, 0.05) is 43.3 Å². The lowest BCUT2D eigenvalue weighted by Gasteiger charge is -2.28. The van der Waals surface area contributed by atoms with Gasteiger partial charge in [-0.25, -0.2) is 13.4 Å². The average molecular weight is 361 g/mol. The van der Waals surface area contributed by atoms with Crippen LogP contribution in [-0.4, -0.2) is 47.5 Å². The molecule has 0 spiro atoms. The van der Waals surface area contributed by atoms with Crippen molar-refractivity contribution in [3.05, 3.63) is 41.9 Å². The van der Waals surface area contributed by atoms with E-state index in [4.69, 9.17) is 0 Å². The van der Waals surface area contributed by atoms with E-state index in [-0.39, 0.29) is 17.5 Å². The molecule has 3 rings (SSSR count). The summed E-state index contributed by atoms with van der Waals surface area (Å²) in [6.07, 6.45) is 4.15. The molecule has 1 unspecified atom stereocenters. The Balaban J connectivity index is 1.78. The van der Waals surface area contributed by atoms with Gasteiger partial charge in [-0.1, -0.05) is 0 Å². The van der Waals surface area contributed by atoms with E-state index in [2.05, 4.69) is 25.2 Å². The first-order valence-electron chi connectivity index (χ1n) is 8.42. The van der Waals surface area contributed by atoms with Crippen molar-refractivity contribution in [1.29, 1.82) is 0 Å². The van der Waals surface area contributed by atoms with Gasteiger partial charge in [-0.2, -0.15) is 4.98 Å². The SMILES string of the molecule is CCN(c1cc(C)nc(NCc2ccncc2)n1)C1CCS(=O)(=O)C1. The number of anilines is 2. The van der Waals surface area contributed by atoms with E-state index in [0.717, 1.165) is 17.1 Å². The molecule has 0 bridgehead atoms. The molecule has 1 fully saturated rings.